The van der Waals surface area contributed by atoms with Crippen LogP contribution in [0.4, 0.5) is 0 Å². The number of carbonyl (C=O) groups is 1. The van der Waals surface area contributed by atoms with Crippen molar-refractivity contribution in [3.8, 4) is 0 Å². The van der Waals surface area contributed by atoms with Crippen molar-refractivity contribution >= 4 is 27.5 Å². The van der Waals surface area contributed by atoms with Crippen molar-refractivity contribution in [2.45, 2.75) is 45.6 Å². The van der Waals surface area contributed by atoms with Crippen LogP contribution in [0.25, 0.3) is 10.2 Å². The Hall–Kier alpha value is -1.68. The molecule has 1 amide bonds. The average Bonchev–Trinajstić information content (AvgIpc) is 3.08. The van der Waals surface area contributed by atoms with Gasteiger partial charge >= 0.3 is 0 Å². The lowest BCUT2D eigenvalue weighted by Crippen LogP contribution is -2.17. The molecule has 0 bridgehead atoms. The fourth-order valence-electron chi connectivity index (χ4n) is 3.19. The molecule has 0 radical (unpaired) electrons. The molecule has 4 heteroatoms. The second kappa shape index (κ2) is 6.61. The first-order valence-corrected chi connectivity index (χ1v) is 8.77. The van der Waals surface area contributed by atoms with Gasteiger partial charge in [-0.3, -0.25) is 4.79 Å². The van der Waals surface area contributed by atoms with E-state index in [1.54, 1.807) is 11.3 Å². The maximum atomic E-state index is 12.3. The van der Waals surface area contributed by atoms with Gasteiger partial charge in [0.15, 0.2) is 4.80 Å². The van der Waals surface area contributed by atoms with Gasteiger partial charge in [-0.15, -0.1) is 6.58 Å². The minimum Gasteiger partial charge on any atom is -0.313 e. The Balaban J connectivity index is 1.96. The number of hydrogen-bond acceptors (Lipinski definition) is 2. The number of fused-ring (bicyclic) bond motifs is 1. The molecule has 1 aromatic carbocycles. The van der Waals surface area contributed by atoms with Crippen LogP contribution in [0.15, 0.2) is 35.8 Å². The third-order valence-electron chi connectivity index (χ3n) is 4.31. The van der Waals surface area contributed by atoms with Crippen LogP contribution in [-0.4, -0.2) is 10.5 Å². The molecule has 1 aromatic heterocycles. The highest BCUT2D eigenvalue weighted by Gasteiger charge is 2.18. The van der Waals surface area contributed by atoms with Crippen LogP contribution in [-0.2, 0) is 11.3 Å². The molecule has 2 aromatic rings. The molecule has 0 N–H and O–H groups in total. The normalized spacial score (nSPS) is 16.5. The lowest BCUT2D eigenvalue weighted by atomic mass is 10.0. The molecule has 0 unspecified atom stereocenters. The largest absolute Gasteiger partial charge is 0.313 e. The summed E-state index contributed by atoms with van der Waals surface area (Å²) in [5.74, 6) is 0.564. The van der Waals surface area contributed by atoms with Crippen molar-refractivity contribution in [3.63, 3.8) is 0 Å². The van der Waals surface area contributed by atoms with E-state index >= 15 is 0 Å². The molecule has 1 aliphatic rings. The van der Waals surface area contributed by atoms with Crippen LogP contribution < -0.4 is 4.80 Å². The van der Waals surface area contributed by atoms with Gasteiger partial charge in [0.1, 0.15) is 0 Å². The average molecular weight is 314 g/mol. The van der Waals surface area contributed by atoms with Gasteiger partial charge in [0.25, 0.3) is 0 Å². The maximum Gasteiger partial charge on any atom is 0.248 e. The standard InChI is InChI=1S/C18H22N2OS/c1-3-10-20-15-9-8-13(2)11-16(15)22-18(20)19-17(21)12-14-6-4-5-7-14/h3,8-9,11,14H,1,4-7,10,12H2,2H3. The van der Waals surface area contributed by atoms with Gasteiger partial charge in [-0.1, -0.05) is 36.3 Å². The monoisotopic (exact) mass is 314 g/mol. The van der Waals surface area contributed by atoms with E-state index in [9.17, 15) is 4.79 Å². The van der Waals surface area contributed by atoms with Gasteiger partial charge in [0.2, 0.25) is 5.91 Å². The number of hydrogen-bond donors (Lipinski definition) is 0. The number of amides is 1. The van der Waals surface area contributed by atoms with Crippen LogP contribution in [0.3, 0.4) is 0 Å². The SMILES string of the molecule is C=CCn1c(=NC(=O)CC2CCCC2)sc2cc(C)ccc21. The van der Waals surface area contributed by atoms with Crippen molar-refractivity contribution < 1.29 is 4.79 Å². The smallest absolute Gasteiger partial charge is 0.248 e. The van der Waals surface area contributed by atoms with Crippen LogP contribution in [0.5, 0.6) is 0 Å². The Morgan fingerprint density at radius 3 is 2.95 bits per heavy atom. The van der Waals surface area contributed by atoms with Crippen LogP contribution in [0.2, 0.25) is 0 Å². The zero-order valence-corrected chi connectivity index (χ0v) is 13.9. The summed E-state index contributed by atoms with van der Waals surface area (Å²) in [4.78, 5) is 17.5. The second-order valence-electron chi connectivity index (χ2n) is 6.12. The van der Waals surface area contributed by atoms with Crippen LogP contribution in [0.1, 0.15) is 37.7 Å². The van der Waals surface area contributed by atoms with Gasteiger partial charge in [0.05, 0.1) is 10.2 Å². The Kier molecular flexibility index (Phi) is 4.57. The van der Waals surface area contributed by atoms with E-state index in [1.165, 1.54) is 35.9 Å². The number of aromatic nitrogens is 1. The number of benzene rings is 1. The Morgan fingerprint density at radius 2 is 2.23 bits per heavy atom. The molecular formula is C18H22N2OS. The number of carbonyl (C=O) groups excluding carboxylic acids is 1. The van der Waals surface area contributed by atoms with Crippen LogP contribution >= 0.6 is 11.3 Å². The third-order valence-corrected chi connectivity index (χ3v) is 5.35. The van der Waals surface area contributed by atoms with Gasteiger partial charge in [0, 0.05) is 13.0 Å². The van der Waals surface area contributed by atoms with E-state index in [0.29, 0.717) is 18.9 Å². The number of aryl methyl sites for hydroxylation is 1. The quantitative estimate of drug-likeness (QED) is 0.779. The Labute approximate surface area is 135 Å². The molecular weight excluding hydrogens is 292 g/mol. The van der Waals surface area contributed by atoms with E-state index in [2.05, 4.69) is 41.3 Å². The number of rotatable bonds is 4. The first-order chi connectivity index (χ1) is 10.7. The summed E-state index contributed by atoms with van der Waals surface area (Å²) in [7, 11) is 0. The molecule has 3 rings (SSSR count). The highest BCUT2D eigenvalue weighted by Crippen LogP contribution is 2.27. The van der Waals surface area contributed by atoms with E-state index in [1.807, 2.05) is 6.08 Å². The molecule has 0 spiro atoms. The predicted octanol–water partition coefficient (Wildman–Crippen LogP) is 4.20. The molecule has 0 aliphatic heterocycles. The van der Waals surface area contributed by atoms with E-state index in [-0.39, 0.29) is 5.91 Å². The molecule has 116 valence electrons. The highest BCUT2D eigenvalue weighted by molar-refractivity contribution is 7.16. The summed E-state index contributed by atoms with van der Waals surface area (Å²) in [6.07, 6.45) is 7.33. The second-order valence-corrected chi connectivity index (χ2v) is 7.12. The minimum absolute atomic E-state index is 0.0213. The van der Waals surface area contributed by atoms with Crippen molar-refractivity contribution in [3.05, 3.63) is 41.2 Å². The summed E-state index contributed by atoms with van der Waals surface area (Å²) in [5.41, 5.74) is 2.35. The van der Waals surface area contributed by atoms with Gasteiger partial charge in [-0.2, -0.15) is 4.99 Å². The lowest BCUT2D eigenvalue weighted by Gasteiger charge is -2.04. The number of allylic oxidation sites excluding steroid dienone is 1. The summed E-state index contributed by atoms with van der Waals surface area (Å²) >= 11 is 1.59. The van der Waals surface area contributed by atoms with Crippen molar-refractivity contribution in [2.75, 3.05) is 0 Å². The van der Waals surface area contributed by atoms with Gasteiger partial charge in [-0.05, 0) is 43.4 Å². The summed E-state index contributed by atoms with van der Waals surface area (Å²) in [6.45, 7) is 6.58. The van der Waals surface area contributed by atoms with Gasteiger partial charge < -0.3 is 4.57 Å². The minimum atomic E-state index is 0.0213. The maximum absolute atomic E-state index is 12.3. The number of nitrogens with zero attached hydrogens (tertiary/aromatic N) is 2. The van der Waals surface area contributed by atoms with E-state index in [4.69, 9.17) is 0 Å². The summed E-state index contributed by atoms with van der Waals surface area (Å²) < 4.78 is 3.26. The lowest BCUT2D eigenvalue weighted by molar-refractivity contribution is -0.118. The molecule has 3 nitrogen and oxygen atoms in total. The molecule has 0 atom stereocenters. The topological polar surface area (TPSA) is 34.4 Å². The first-order valence-electron chi connectivity index (χ1n) is 7.96. The van der Waals surface area contributed by atoms with Crippen molar-refractivity contribution in [1.29, 1.82) is 0 Å². The zero-order chi connectivity index (χ0) is 15.5. The predicted molar refractivity (Wildman–Crippen MR) is 91.9 cm³/mol. The molecule has 1 aliphatic carbocycles. The Morgan fingerprint density at radius 1 is 1.45 bits per heavy atom. The van der Waals surface area contributed by atoms with Crippen molar-refractivity contribution in [1.82, 2.24) is 4.57 Å². The third kappa shape index (κ3) is 3.22. The molecule has 1 saturated carbocycles. The molecule has 1 heterocycles. The molecule has 1 fully saturated rings. The van der Waals surface area contributed by atoms with E-state index < -0.39 is 0 Å². The first kappa shape index (κ1) is 15.2. The summed E-state index contributed by atoms with van der Waals surface area (Å²) in [5, 5.41) is 0. The fourth-order valence-corrected chi connectivity index (χ4v) is 4.34. The fraction of sp³-hybridized carbons (Fsp3) is 0.444. The van der Waals surface area contributed by atoms with Crippen molar-refractivity contribution in [2.24, 2.45) is 10.9 Å². The molecule has 0 saturated heterocycles. The number of thiazole rings is 1. The zero-order valence-electron chi connectivity index (χ0n) is 13.0. The van der Waals surface area contributed by atoms with Crippen LogP contribution in [0, 0.1) is 12.8 Å². The van der Waals surface area contributed by atoms with E-state index in [0.717, 1.165) is 10.3 Å². The molecule has 22 heavy (non-hydrogen) atoms. The highest BCUT2D eigenvalue weighted by atomic mass is 32.1. The van der Waals surface area contributed by atoms with Gasteiger partial charge in [-0.25, -0.2) is 0 Å². The Bertz CT molecular complexity index is 763. The summed E-state index contributed by atoms with van der Waals surface area (Å²) in [6, 6.07) is 6.35.